The van der Waals surface area contributed by atoms with E-state index in [1.807, 2.05) is 19.1 Å². The molecule has 1 aliphatic heterocycles. The zero-order valence-electron chi connectivity index (χ0n) is 15.1. The lowest BCUT2D eigenvalue weighted by Crippen LogP contribution is -2.29. The summed E-state index contributed by atoms with van der Waals surface area (Å²) in [6.45, 7) is 3.05. The average molecular weight is 412 g/mol. The van der Waals surface area contributed by atoms with E-state index in [9.17, 15) is 8.42 Å². The van der Waals surface area contributed by atoms with Gasteiger partial charge in [0, 0.05) is 23.3 Å². The Morgan fingerprint density at radius 3 is 2.79 bits per heavy atom. The number of nitrogens with zero attached hydrogens (tertiary/aromatic N) is 3. The van der Waals surface area contributed by atoms with Gasteiger partial charge in [0.25, 0.3) is 0 Å². The number of nitriles is 1. The van der Waals surface area contributed by atoms with Crippen LogP contribution in [0.1, 0.15) is 16.1 Å². The predicted molar refractivity (Wildman–Crippen MR) is 108 cm³/mol. The lowest BCUT2D eigenvalue weighted by atomic mass is 10.1. The monoisotopic (exact) mass is 411 g/mol. The summed E-state index contributed by atoms with van der Waals surface area (Å²) >= 11 is 1.32. The fourth-order valence-electron chi connectivity index (χ4n) is 3.24. The number of ether oxygens (including phenoxy) is 1. The maximum absolute atomic E-state index is 12.7. The Morgan fingerprint density at radius 1 is 1.25 bits per heavy atom. The molecule has 3 aromatic rings. The molecule has 0 aliphatic carbocycles. The smallest absolute Gasteiger partial charge is 0.185 e. The number of sulfone groups is 1. The Morgan fingerprint density at radius 2 is 2.07 bits per heavy atom. The minimum Gasteiger partial charge on any atom is -0.489 e. The molecule has 0 spiro atoms. The second kappa shape index (κ2) is 7.26. The van der Waals surface area contributed by atoms with Gasteiger partial charge in [-0.15, -0.1) is 11.3 Å². The van der Waals surface area contributed by atoms with E-state index in [1.54, 1.807) is 35.8 Å². The quantitative estimate of drug-likeness (QED) is 0.649. The third kappa shape index (κ3) is 3.46. The lowest BCUT2D eigenvalue weighted by molar-refractivity contribution is 0.313. The molecule has 1 aromatic heterocycles. The summed E-state index contributed by atoms with van der Waals surface area (Å²) in [5, 5.41) is 11.4. The van der Waals surface area contributed by atoms with Gasteiger partial charge in [-0.1, -0.05) is 0 Å². The molecule has 0 amide bonds. The molecule has 0 saturated carbocycles. The van der Waals surface area contributed by atoms with Gasteiger partial charge in [-0.25, -0.2) is 13.4 Å². The number of benzene rings is 2. The van der Waals surface area contributed by atoms with Crippen LogP contribution in [0.2, 0.25) is 0 Å². The maximum Gasteiger partial charge on any atom is 0.185 e. The summed E-state index contributed by atoms with van der Waals surface area (Å²) in [6, 6.07) is 12.7. The van der Waals surface area contributed by atoms with Crippen molar-refractivity contribution < 1.29 is 13.2 Å². The lowest BCUT2D eigenvalue weighted by Gasteiger charge is -2.32. The highest BCUT2D eigenvalue weighted by Gasteiger charge is 2.24. The fraction of sp³-hybridized carbons (Fsp3) is 0.200. The van der Waals surface area contributed by atoms with Gasteiger partial charge in [-0.3, -0.25) is 0 Å². The largest absolute Gasteiger partial charge is 0.489 e. The van der Waals surface area contributed by atoms with Crippen LogP contribution in [0.5, 0.6) is 5.75 Å². The maximum atomic E-state index is 12.7. The molecule has 2 aromatic carbocycles. The van der Waals surface area contributed by atoms with Crippen molar-refractivity contribution in [3.63, 3.8) is 0 Å². The number of fused-ring (bicyclic) bond motifs is 1. The third-order valence-corrected chi connectivity index (χ3v) is 7.16. The van der Waals surface area contributed by atoms with E-state index in [2.05, 4.69) is 16.0 Å². The third-order valence-electron chi connectivity index (χ3n) is 4.57. The zero-order chi connectivity index (χ0) is 19.7. The fourth-order valence-corrected chi connectivity index (χ4v) is 5.51. The van der Waals surface area contributed by atoms with Crippen LogP contribution >= 0.6 is 11.3 Å². The van der Waals surface area contributed by atoms with Gasteiger partial charge in [-0.05, 0) is 42.8 Å². The number of aromatic nitrogens is 1. The van der Waals surface area contributed by atoms with E-state index < -0.39 is 9.84 Å². The molecule has 0 fully saturated rings. The summed E-state index contributed by atoms with van der Waals surface area (Å²) in [5.41, 5.74) is 3.37. The molecule has 0 bridgehead atoms. The molecule has 1 aliphatic rings. The van der Waals surface area contributed by atoms with Crippen molar-refractivity contribution >= 4 is 32.5 Å². The molecule has 4 rings (SSSR count). The number of aryl methyl sites for hydroxylation is 1. The summed E-state index contributed by atoms with van der Waals surface area (Å²) in [7, 11) is -3.50. The molecule has 6 nitrogen and oxygen atoms in total. The van der Waals surface area contributed by atoms with Crippen molar-refractivity contribution in [2.24, 2.45) is 0 Å². The van der Waals surface area contributed by atoms with Crippen LogP contribution < -0.4 is 9.64 Å². The molecular formula is C20H17N3O3S2. The van der Waals surface area contributed by atoms with E-state index in [1.165, 1.54) is 11.3 Å². The number of thiazole rings is 1. The second-order valence-corrected chi connectivity index (χ2v) is 9.40. The van der Waals surface area contributed by atoms with Gasteiger partial charge in [0.2, 0.25) is 0 Å². The Labute approximate surface area is 167 Å². The van der Waals surface area contributed by atoms with Crippen molar-refractivity contribution in [2.45, 2.75) is 17.6 Å². The van der Waals surface area contributed by atoms with Crippen LogP contribution in [0.3, 0.4) is 0 Å². The van der Waals surface area contributed by atoms with E-state index in [4.69, 9.17) is 10.00 Å². The van der Waals surface area contributed by atoms with Gasteiger partial charge >= 0.3 is 0 Å². The molecule has 28 heavy (non-hydrogen) atoms. The first-order valence-electron chi connectivity index (χ1n) is 8.64. The number of hydrogen-bond acceptors (Lipinski definition) is 7. The molecule has 2 heterocycles. The second-order valence-electron chi connectivity index (χ2n) is 6.43. The Bertz CT molecular complexity index is 1170. The van der Waals surface area contributed by atoms with Crippen LogP contribution in [-0.4, -0.2) is 26.6 Å². The van der Waals surface area contributed by atoms with Gasteiger partial charge in [0.05, 0.1) is 28.8 Å². The molecule has 0 unspecified atom stereocenters. The van der Waals surface area contributed by atoms with Crippen LogP contribution in [0.25, 0.3) is 0 Å². The van der Waals surface area contributed by atoms with E-state index >= 15 is 0 Å². The first kappa shape index (κ1) is 18.5. The first-order chi connectivity index (χ1) is 13.5. The normalized spacial score (nSPS) is 13.5. The van der Waals surface area contributed by atoms with Crippen molar-refractivity contribution in [1.82, 2.24) is 4.98 Å². The zero-order valence-corrected chi connectivity index (χ0v) is 16.8. The highest BCUT2D eigenvalue weighted by atomic mass is 32.2. The molecular weight excluding hydrogens is 394 g/mol. The van der Waals surface area contributed by atoms with Crippen molar-refractivity contribution in [3.8, 4) is 11.8 Å². The highest BCUT2D eigenvalue weighted by molar-refractivity contribution is 7.90. The molecule has 0 N–H and O–H groups in total. The standard InChI is InChI=1S/C20H17N3O3S2/c1-14-10-15(12-21)2-4-17(14)23-7-8-26-19-11-16(3-5-18(19)23)28(24,25)13-20-22-6-9-27-20/h2-6,9-11H,7-8,13H2,1H3. The van der Waals surface area contributed by atoms with Crippen LogP contribution in [0.15, 0.2) is 52.9 Å². The van der Waals surface area contributed by atoms with Crippen molar-refractivity contribution in [2.75, 3.05) is 18.1 Å². The molecule has 8 heteroatoms. The SMILES string of the molecule is Cc1cc(C#N)ccc1N1CCOc2cc(S(=O)(=O)Cc3nccs3)ccc21. The predicted octanol–water partition coefficient (Wildman–Crippen LogP) is 3.83. The van der Waals surface area contributed by atoms with Crippen molar-refractivity contribution in [1.29, 1.82) is 5.26 Å². The summed E-state index contributed by atoms with van der Waals surface area (Å²) < 4.78 is 31.2. The van der Waals surface area contributed by atoms with Crippen LogP contribution in [0, 0.1) is 18.3 Å². The van der Waals surface area contributed by atoms with Gasteiger partial charge in [0.15, 0.2) is 9.84 Å². The number of rotatable bonds is 4. The van der Waals surface area contributed by atoms with Crippen molar-refractivity contribution in [3.05, 3.63) is 64.1 Å². The van der Waals surface area contributed by atoms with E-state index in [0.29, 0.717) is 29.5 Å². The average Bonchev–Trinajstić information content (AvgIpc) is 3.19. The topological polar surface area (TPSA) is 83.3 Å². The summed E-state index contributed by atoms with van der Waals surface area (Å²) in [5.74, 6) is 0.414. The Balaban J connectivity index is 1.69. The highest BCUT2D eigenvalue weighted by Crippen LogP contribution is 2.39. The van der Waals surface area contributed by atoms with Gasteiger partial charge in [0.1, 0.15) is 23.1 Å². The van der Waals surface area contributed by atoms with E-state index in [0.717, 1.165) is 16.9 Å². The first-order valence-corrected chi connectivity index (χ1v) is 11.2. The minimum absolute atomic E-state index is 0.123. The van der Waals surface area contributed by atoms with Crippen LogP contribution in [-0.2, 0) is 15.6 Å². The van der Waals surface area contributed by atoms with Crippen LogP contribution in [0.4, 0.5) is 11.4 Å². The van der Waals surface area contributed by atoms with Gasteiger partial charge < -0.3 is 9.64 Å². The van der Waals surface area contributed by atoms with Gasteiger partial charge in [-0.2, -0.15) is 5.26 Å². The molecule has 142 valence electrons. The molecule has 0 saturated heterocycles. The number of anilines is 2. The Kier molecular flexibility index (Phi) is 4.79. The Hall–Kier alpha value is -2.89. The molecule has 0 radical (unpaired) electrons. The summed E-state index contributed by atoms with van der Waals surface area (Å²) in [6.07, 6.45) is 1.60. The summed E-state index contributed by atoms with van der Waals surface area (Å²) in [4.78, 5) is 6.38. The number of hydrogen-bond donors (Lipinski definition) is 0. The van der Waals surface area contributed by atoms with E-state index in [-0.39, 0.29) is 10.6 Å². The minimum atomic E-state index is -3.50. The molecule has 0 atom stereocenters.